The summed E-state index contributed by atoms with van der Waals surface area (Å²) in [6, 6.07) is 6.78. The van der Waals surface area contributed by atoms with Crippen LogP contribution in [0.25, 0.3) is 0 Å². The number of carboxylic acids is 1. The maximum absolute atomic E-state index is 12.3. The third kappa shape index (κ3) is 2.29. The molecule has 1 aromatic rings. The molecule has 1 saturated carbocycles. The molecule has 5 atom stereocenters. The first-order valence-electron chi connectivity index (χ1n) is 7.89. The summed E-state index contributed by atoms with van der Waals surface area (Å²) in [7, 11) is 0. The van der Waals surface area contributed by atoms with Crippen LogP contribution >= 0.6 is 0 Å². The minimum atomic E-state index is -0.922. The second-order valence-corrected chi connectivity index (χ2v) is 6.59. The highest BCUT2D eigenvalue weighted by molar-refractivity contribution is 5.87. The Balaban J connectivity index is 1.26. The van der Waals surface area contributed by atoms with Crippen LogP contribution < -0.4 is 5.32 Å². The molecule has 2 bridgehead atoms. The monoisotopic (exact) mass is 301 g/mol. The third-order valence-electron chi connectivity index (χ3n) is 5.26. The summed E-state index contributed by atoms with van der Waals surface area (Å²) < 4.78 is 5.85. The van der Waals surface area contributed by atoms with E-state index >= 15 is 0 Å². The van der Waals surface area contributed by atoms with Crippen molar-refractivity contribution in [3.8, 4) is 0 Å². The van der Waals surface area contributed by atoms with Crippen LogP contribution in [-0.2, 0) is 16.0 Å². The first kappa shape index (κ1) is 13.8. The molecule has 4 rings (SSSR count). The molecule has 22 heavy (non-hydrogen) atoms. The Morgan fingerprint density at radius 3 is 2.59 bits per heavy atom. The molecule has 1 aliphatic carbocycles. The lowest BCUT2D eigenvalue weighted by Gasteiger charge is -2.18. The zero-order valence-corrected chi connectivity index (χ0v) is 12.2. The van der Waals surface area contributed by atoms with Gasteiger partial charge in [-0.3, -0.25) is 4.79 Å². The molecule has 5 heteroatoms. The number of hydrogen-bond donors (Lipinski definition) is 2. The number of amides is 1. The first-order valence-corrected chi connectivity index (χ1v) is 7.89. The molecule has 2 saturated heterocycles. The zero-order valence-electron chi connectivity index (χ0n) is 12.2. The molecule has 0 radical (unpaired) electrons. The number of carboxylic acid groups (broad SMARTS) is 1. The van der Waals surface area contributed by atoms with Crippen LogP contribution in [0.4, 0.5) is 0 Å². The molecule has 0 aromatic heterocycles. The fourth-order valence-electron chi connectivity index (χ4n) is 3.98. The summed E-state index contributed by atoms with van der Waals surface area (Å²) in [4.78, 5) is 23.1. The maximum Gasteiger partial charge on any atom is 0.335 e. The van der Waals surface area contributed by atoms with E-state index < -0.39 is 5.97 Å². The highest BCUT2D eigenvalue weighted by Gasteiger charge is 2.64. The SMILES string of the molecule is O=C(O)c1ccc(CCNC(=O)[C@@H]2C[C@@H]3O[C@H]2[C@H]2C[C@H]23)cc1. The van der Waals surface area contributed by atoms with Gasteiger partial charge in [0.05, 0.1) is 23.7 Å². The smallest absolute Gasteiger partial charge is 0.335 e. The van der Waals surface area contributed by atoms with E-state index in [1.807, 2.05) is 0 Å². The topological polar surface area (TPSA) is 75.6 Å². The second kappa shape index (κ2) is 5.09. The van der Waals surface area contributed by atoms with Crippen molar-refractivity contribution < 1.29 is 19.4 Å². The fraction of sp³-hybridized carbons (Fsp3) is 0.529. The molecule has 5 nitrogen and oxygen atoms in total. The molecular formula is C17H19NO4. The van der Waals surface area contributed by atoms with Crippen LogP contribution in [0, 0.1) is 17.8 Å². The predicted octanol–water partition coefficient (Wildman–Crippen LogP) is 1.47. The minimum absolute atomic E-state index is 0.0307. The number of ether oxygens (including phenoxy) is 1. The van der Waals surface area contributed by atoms with Crippen molar-refractivity contribution >= 4 is 11.9 Å². The van der Waals surface area contributed by atoms with Gasteiger partial charge in [0.1, 0.15) is 0 Å². The van der Waals surface area contributed by atoms with Gasteiger partial charge >= 0.3 is 5.97 Å². The van der Waals surface area contributed by atoms with Crippen molar-refractivity contribution in [1.29, 1.82) is 0 Å². The molecule has 2 heterocycles. The van der Waals surface area contributed by atoms with Gasteiger partial charge in [0, 0.05) is 6.54 Å². The van der Waals surface area contributed by atoms with Crippen LogP contribution in [0.3, 0.4) is 0 Å². The number of benzene rings is 1. The highest BCUT2D eigenvalue weighted by atomic mass is 16.5. The average molecular weight is 301 g/mol. The van der Waals surface area contributed by atoms with Gasteiger partial charge in [0.2, 0.25) is 5.91 Å². The predicted molar refractivity (Wildman–Crippen MR) is 78.5 cm³/mol. The average Bonchev–Trinajstić information content (AvgIpc) is 3.12. The summed E-state index contributed by atoms with van der Waals surface area (Å²) in [5, 5.41) is 11.9. The number of nitrogens with one attached hydrogen (secondary N) is 1. The molecular weight excluding hydrogens is 282 g/mol. The minimum Gasteiger partial charge on any atom is -0.478 e. The van der Waals surface area contributed by atoms with E-state index in [1.165, 1.54) is 6.42 Å². The number of rotatable bonds is 5. The molecule has 3 aliphatic rings. The number of aromatic carboxylic acids is 1. The molecule has 2 N–H and O–H groups in total. The van der Waals surface area contributed by atoms with Gasteiger partial charge in [-0.2, -0.15) is 0 Å². The normalized spacial score (nSPS) is 34.3. The van der Waals surface area contributed by atoms with Crippen molar-refractivity contribution in [1.82, 2.24) is 5.32 Å². The Morgan fingerprint density at radius 2 is 1.95 bits per heavy atom. The summed E-state index contributed by atoms with van der Waals surface area (Å²) in [6.45, 7) is 0.577. The van der Waals surface area contributed by atoms with Crippen LogP contribution in [0.1, 0.15) is 28.8 Å². The van der Waals surface area contributed by atoms with Gasteiger partial charge < -0.3 is 15.2 Å². The van der Waals surface area contributed by atoms with Crippen molar-refractivity contribution in [3.05, 3.63) is 35.4 Å². The largest absolute Gasteiger partial charge is 0.478 e. The number of carbonyl (C=O) groups is 2. The Kier molecular flexibility index (Phi) is 3.18. The Hall–Kier alpha value is -1.88. The Labute approximate surface area is 128 Å². The van der Waals surface area contributed by atoms with Gasteiger partial charge in [-0.1, -0.05) is 12.1 Å². The standard InChI is InChI=1S/C17H19NO4/c19-16(13-8-14-11-7-12(11)15(13)22-14)18-6-5-9-1-3-10(4-2-9)17(20)21/h1-4,11-15H,5-8H2,(H,18,19)(H,20,21)/t11-,12+,13-,14+,15+/m1/s1. The quantitative estimate of drug-likeness (QED) is 0.863. The Bertz CT molecular complexity index is 612. The van der Waals surface area contributed by atoms with E-state index in [2.05, 4.69) is 5.32 Å². The number of carbonyl (C=O) groups excluding carboxylic acids is 1. The Morgan fingerprint density at radius 1 is 1.18 bits per heavy atom. The van der Waals surface area contributed by atoms with Crippen LogP contribution in [0.15, 0.2) is 24.3 Å². The lowest BCUT2D eigenvalue weighted by Crippen LogP contribution is -2.37. The van der Waals surface area contributed by atoms with Gasteiger partial charge in [0.15, 0.2) is 0 Å². The van der Waals surface area contributed by atoms with E-state index in [-0.39, 0.29) is 23.5 Å². The van der Waals surface area contributed by atoms with Crippen molar-refractivity contribution in [2.24, 2.45) is 17.8 Å². The molecule has 0 unspecified atom stereocenters. The molecule has 2 aliphatic heterocycles. The van der Waals surface area contributed by atoms with Gasteiger partial charge in [-0.05, 0) is 48.8 Å². The fourth-order valence-corrected chi connectivity index (χ4v) is 3.98. The van der Waals surface area contributed by atoms with Crippen molar-refractivity contribution in [2.75, 3.05) is 6.54 Å². The molecule has 1 amide bonds. The third-order valence-corrected chi connectivity index (χ3v) is 5.26. The molecule has 0 spiro atoms. The summed E-state index contributed by atoms with van der Waals surface area (Å²) in [5.74, 6) is 0.595. The first-order chi connectivity index (χ1) is 10.6. The van der Waals surface area contributed by atoms with Crippen molar-refractivity contribution in [2.45, 2.75) is 31.5 Å². The zero-order chi connectivity index (χ0) is 15.3. The highest BCUT2D eigenvalue weighted by Crippen LogP contribution is 2.60. The van der Waals surface area contributed by atoms with Crippen molar-refractivity contribution in [3.63, 3.8) is 0 Å². The van der Waals surface area contributed by atoms with E-state index in [9.17, 15) is 9.59 Å². The van der Waals surface area contributed by atoms with Gasteiger partial charge in [0.25, 0.3) is 0 Å². The lowest BCUT2D eigenvalue weighted by atomic mass is 9.88. The maximum atomic E-state index is 12.3. The van der Waals surface area contributed by atoms with E-state index in [1.54, 1.807) is 24.3 Å². The van der Waals surface area contributed by atoms with E-state index in [4.69, 9.17) is 9.84 Å². The molecule has 116 valence electrons. The second-order valence-electron chi connectivity index (χ2n) is 6.59. The summed E-state index contributed by atoms with van der Waals surface area (Å²) in [5.41, 5.74) is 1.31. The van der Waals surface area contributed by atoms with Gasteiger partial charge in [-0.25, -0.2) is 4.79 Å². The van der Waals surface area contributed by atoms with Crippen LogP contribution in [0.5, 0.6) is 0 Å². The molecule has 1 aromatic carbocycles. The van der Waals surface area contributed by atoms with E-state index in [0.717, 1.165) is 17.9 Å². The lowest BCUT2D eigenvalue weighted by molar-refractivity contribution is -0.126. The van der Waals surface area contributed by atoms with Gasteiger partial charge in [-0.15, -0.1) is 0 Å². The number of hydrogen-bond acceptors (Lipinski definition) is 3. The summed E-state index contributed by atoms with van der Waals surface area (Å²) >= 11 is 0. The van der Waals surface area contributed by atoms with Crippen LogP contribution in [0.2, 0.25) is 0 Å². The number of fused-ring (bicyclic) bond motifs is 5. The van der Waals surface area contributed by atoms with E-state index in [0.29, 0.717) is 25.0 Å². The molecule has 3 fully saturated rings. The summed E-state index contributed by atoms with van der Waals surface area (Å²) in [6.07, 6.45) is 3.32. The van der Waals surface area contributed by atoms with Crippen LogP contribution in [-0.4, -0.2) is 35.7 Å².